The number of furan rings is 1. The molecule has 1 aromatic heterocycles. The summed E-state index contributed by atoms with van der Waals surface area (Å²) in [6.07, 6.45) is 0. The standard InChI is InChI=1S/C22H22N2O2/c1-15-5-7-18(8-6-15)23-16(2)21-13-14-22(26-21)17(3)24-19-9-11-20(25-4)12-10-19/h5-14H,1-4H3. The Hall–Kier alpha value is -3.14. The summed E-state index contributed by atoms with van der Waals surface area (Å²) in [5.41, 5.74) is 4.62. The van der Waals surface area contributed by atoms with E-state index in [1.807, 2.05) is 74.5 Å². The van der Waals surface area contributed by atoms with Gasteiger partial charge in [0.1, 0.15) is 17.3 Å². The van der Waals surface area contributed by atoms with Gasteiger partial charge in [-0.15, -0.1) is 0 Å². The maximum atomic E-state index is 5.93. The van der Waals surface area contributed by atoms with E-state index in [1.54, 1.807) is 7.11 Å². The van der Waals surface area contributed by atoms with Crippen LogP contribution in [0.25, 0.3) is 0 Å². The highest BCUT2D eigenvalue weighted by molar-refractivity contribution is 6.01. The van der Waals surface area contributed by atoms with Gasteiger partial charge in [0, 0.05) is 0 Å². The van der Waals surface area contributed by atoms with Crippen LogP contribution in [-0.2, 0) is 0 Å². The van der Waals surface area contributed by atoms with Gasteiger partial charge in [0.2, 0.25) is 0 Å². The molecular formula is C22H22N2O2. The molecule has 0 spiro atoms. The lowest BCUT2D eigenvalue weighted by atomic mass is 10.2. The Bertz CT molecular complexity index is 933. The number of ether oxygens (including phenoxy) is 1. The van der Waals surface area contributed by atoms with Crippen molar-refractivity contribution >= 4 is 22.8 Å². The smallest absolute Gasteiger partial charge is 0.148 e. The van der Waals surface area contributed by atoms with E-state index in [-0.39, 0.29) is 0 Å². The first-order chi connectivity index (χ1) is 12.5. The Morgan fingerprint density at radius 3 is 1.65 bits per heavy atom. The zero-order chi connectivity index (χ0) is 18.5. The fourth-order valence-corrected chi connectivity index (χ4v) is 2.50. The SMILES string of the molecule is COc1ccc(N=C(C)c2ccc(C(C)=Nc3ccc(C)cc3)o2)cc1. The van der Waals surface area contributed by atoms with Crippen molar-refractivity contribution in [2.75, 3.05) is 7.11 Å². The number of hydrogen-bond acceptors (Lipinski definition) is 4. The summed E-state index contributed by atoms with van der Waals surface area (Å²) in [7, 11) is 1.65. The molecule has 0 aliphatic heterocycles. The van der Waals surface area contributed by atoms with Crippen LogP contribution in [0.15, 0.2) is 75.1 Å². The minimum Gasteiger partial charge on any atom is -0.497 e. The molecule has 0 aliphatic rings. The highest BCUT2D eigenvalue weighted by Gasteiger charge is 2.08. The van der Waals surface area contributed by atoms with Gasteiger partial charge in [-0.05, 0) is 69.3 Å². The average Bonchev–Trinajstić information content (AvgIpc) is 3.15. The molecular weight excluding hydrogens is 324 g/mol. The molecule has 0 unspecified atom stereocenters. The molecule has 3 aromatic rings. The van der Waals surface area contributed by atoms with Crippen LogP contribution in [0.1, 0.15) is 30.9 Å². The molecule has 1 heterocycles. The summed E-state index contributed by atoms with van der Waals surface area (Å²) in [6, 6.07) is 19.5. The van der Waals surface area contributed by atoms with Crippen LogP contribution in [0, 0.1) is 6.92 Å². The Balaban J connectivity index is 1.79. The molecule has 2 aromatic carbocycles. The molecule has 26 heavy (non-hydrogen) atoms. The van der Waals surface area contributed by atoms with Crippen molar-refractivity contribution in [2.45, 2.75) is 20.8 Å². The van der Waals surface area contributed by atoms with Crippen LogP contribution in [0.2, 0.25) is 0 Å². The predicted octanol–water partition coefficient (Wildman–Crippen LogP) is 5.88. The number of nitrogens with zero attached hydrogens (tertiary/aromatic N) is 2. The fourth-order valence-electron chi connectivity index (χ4n) is 2.50. The third kappa shape index (κ3) is 4.28. The van der Waals surface area contributed by atoms with E-state index in [0.717, 1.165) is 40.1 Å². The number of aliphatic imine (C=N–C) groups is 2. The Morgan fingerprint density at radius 2 is 1.19 bits per heavy atom. The van der Waals surface area contributed by atoms with Gasteiger partial charge in [0.25, 0.3) is 0 Å². The van der Waals surface area contributed by atoms with Gasteiger partial charge in [-0.25, -0.2) is 9.98 Å². The van der Waals surface area contributed by atoms with Crippen LogP contribution in [0.4, 0.5) is 11.4 Å². The quantitative estimate of drug-likeness (QED) is 0.542. The Morgan fingerprint density at radius 1 is 0.731 bits per heavy atom. The van der Waals surface area contributed by atoms with Crippen molar-refractivity contribution in [1.82, 2.24) is 0 Å². The lowest BCUT2D eigenvalue weighted by Crippen LogP contribution is -1.93. The van der Waals surface area contributed by atoms with Crippen LogP contribution >= 0.6 is 0 Å². The van der Waals surface area contributed by atoms with Gasteiger partial charge in [-0.2, -0.15) is 0 Å². The van der Waals surface area contributed by atoms with Crippen molar-refractivity contribution in [2.24, 2.45) is 9.98 Å². The van der Waals surface area contributed by atoms with Crippen molar-refractivity contribution in [1.29, 1.82) is 0 Å². The molecule has 4 heteroatoms. The number of aryl methyl sites for hydroxylation is 1. The number of hydrogen-bond donors (Lipinski definition) is 0. The first-order valence-corrected chi connectivity index (χ1v) is 8.47. The average molecular weight is 346 g/mol. The van der Waals surface area contributed by atoms with Crippen molar-refractivity contribution < 1.29 is 9.15 Å². The number of rotatable bonds is 5. The van der Waals surface area contributed by atoms with E-state index in [2.05, 4.69) is 16.9 Å². The van der Waals surface area contributed by atoms with E-state index in [4.69, 9.17) is 9.15 Å². The first-order valence-electron chi connectivity index (χ1n) is 8.47. The lowest BCUT2D eigenvalue weighted by Gasteiger charge is -2.01. The fraction of sp³-hybridized carbons (Fsp3) is 0.182. The second kappa shape index (κ2) is 7.83. The summed E-state index contributed by atoms with van der Waals surface area (Å²) in [4.78, 5) is 9.21. The Kier molecular flexibility index (Phi) is 5.32. The molecule has 0 atom stereocenters. The summed E-state index contributed by atoms with van der Waals surface area (Å²) in [5, 5.41) is 0. The molecule has 0 N–H and O–H groups in total. The summed E-state index contributed by atoms with van der Waals surface area (Å²) >= 11 is 0. The van der Waals surface area contributed by atoms with Crippen molar-refractivity contribution in [3.63, 3.8) is 0 Å². The largest absolute Gasteiger partial charge is 0.497 e. The van der Waals surface area contributed by atoms with Crippen LogP contribution in [0.3, 0.4) is 0 Å². The maximum Gasteiger partial charge on any atom is 0.148 e. The van der Waals surface area contributed by atoms with Gasteiger partial charge in [-0.1, -0.05) is 17.7 Å². The molecule has 0 saturated heterocycles. The molecule has 3 rings (SSSR count). The molecule has 0 saturated carbocycles. The van der Waals surface area contributed by atoms with E-state index in [1.165, 1.54) is 5.56 Å². The normalized spacial score (nSPS) is 12.3. The van der Waals surface area contributed by atoms with Gasteiger partial charge >= 0.3 is 0 Å². The summed E-state index contributed by atoms with van der Waals surface area (Å²) in [5.74, 6) is 2.28. The predicted molar refractivity (Wildman–Crippen MR) is 107 cm³/mol. The molecule has 0 aliphatic carbocycles. The molecule has 0 bridgehead atoms. The topological polar surface area (TPSA) is 47.1 Å². The molecule has 132 valence electrons. The number of methoxy groups -OCH3 is 1. The van der Waals surface area contributed by atoms with E-state index in [0.29, 0.717) is 0 Å². The highest BCUT2D eigenvalue weighted by atomic mass is 16.5. The zero-order valence-corrected chi connectivity index (χ0v) is 15.5. The summed E-state index contributed by atoms with van der Waals surface area (Å²) < 4.78 is 11.1. The monoisotopic (exact) mass is 346 g/mol. The first kappa shape index (κ1) is 17.7. The van der Waals surface area contributed by atoms with Gasteiger partial charge in [-0.3, -0.25) is 0 Å². The van der Waals surface area contributed by atoms with Crippen LogP contribution in [-0.4, -0.2) is 18.5 Å². The maximum absolute atomic E-state index is 5.93. The third-order valence-corrected chi connectivity index (χ3v) is 4.02. The lowest BCUT2D eigenvalue weighted by molar-refractivity contribution is 0.415. The third-order valence-electron chi connectivity index (χ3n) is 4.02. The van der Waals surface area contributed by atoms with Gasteiger partial charge in [0.15, 0.2) is 0 Å². The zero-order valence-electron chi connectivity index (χ0n) is 15.5. The summed E-state index contributed by atoms with van der Waals surface area (Å²) in [6.45, 7) is 5.93. The molecule has 4 nitrogen and oxygen atoms in total. The number of benzene rings is 2. The van der Waals surface area contributed by atoms with E-state index < -0.39 is 0 Å². The van der Waals surface area contributed by atoms with Gasteiger partial charge in [0.05, 0.1) is 29.9 Å². The molecule has 0 radical (unpaired) electrons. The van der Waals surface area contributed by atoms with Crippen LogP contribution in [0.5, 0.6) is 5.75 Å². The molecule has 0 fully saturated rings. The minimum atomic E-state index is 0.731. The van der Waals surface area contributed by atoms with Crippen molar-refractivity contribution in [3.05, 3.63) is 77.7 Å². The highest BCUT2D eigenvalue weighted by Crippen LogP contribution is 2.20. The van der Waals surface area contributed by atoms with E-state index in [9.17, 15) is 0 Å². The second-order valence-electron chi connectivity index (χ2n) is 6.09. The van der Waals surface area contributed by atoms with Crippen LogP contribution < -0.4 is 4.74 Å². The molecule has 0 amide bonds. The Labute approximate surface area is 153 Å². The van der Waals surface area contributed by atoms with E-state index >= 15 is 0 Å². The van der Waals surface area contributed by atoms with Gasteiger partial charge < -0.3 is 9.15 Å². The second-order valence-corrected chi connectivity index (χ2v) is 6.09. The van der Waals surface area contributed by atoms with Crippen molar-refractivity contribution in [3.8, 4) is 5.75 Å². The minimum absolute atomic E-state index is 0.731.